The van der Waals surface area contributed by atoms with E-state index in [1.165, 1.54) is 12.1 Å². The average molecular weight is 414 g/mol. The summed E-state index contributed by atoms with van der Waals surface area (Å²) in [5, 5.41) is 0. The first-order valence-electron chi connectivity index (χ1n) is 9.92. The van der Waals surface area contributed by atoms with Gasteiger partial charge in [0.2, 0.25) is 0 Å². The lowest BCUT2D eigenvalue weighted by Crippen LogP contribution is -2.41. The van der Waals surface area contributed by atoms with E-state index in [1.54, 1.807) is 12.1 Å². The van der Waals surface area contributed by atoms with Crippen LogP contribution >= 0.6 is 0 Å². The quantitative estimate of drug-likeness (QED) is 0.560. The molecule has 0 N–H and O–H groups in total. The zero-order chi connectivity index (χ0) is 21.0. The summed E-state index contributed by atoms with van der Waals surface area (Å²) >= 11 is 0. The van der Waals surface area contributed by atoms with E-state index < -0.39 is 28.3 Å². The molecule has 5 nitrogen and oxygen atoms in total. The molecular formula is C23H27NO4S. The molecule has 0 aliphatic carbocycles. The second-order valence-corrected chi connectivity index (χ2v) is 9.18. The summed E-state index contributed by atoms with van der Waals surface area (Å²) in [6.45, 7) is 8.12. The Kier molecular flexibility index (Phi) is 6.42. The monoisotopic (exact) mass is 413 g/mol. The van der Waals surface area contributed by atoms with Crippen LogP contribution < -0.4 is 0 Å². The maximum Gasteiger partial charge on any atom is 0.424 e. The molecule has 0 saturated carbocycles. The number of cyclic esters (lactones) is 1. The van der Waals surface area contributed by atoms with Gasteiger partial charge in [0.25, 0.3) is 10.0 Å². The molecule has 1 heterocycles. The molecule has 154 valence electrons. The van der Waals surface area contributed by atoms with Crippen molar-refractivity contribution in [3.8, 4) is 0 Å². The van der Waals surface area contributed by atoms with Crippen molar-refractivity contribution in [3.63, 3.8) is 0 Å². The predicted molar refractivity (Wildman–Crippen MR) is 114 cm³/mol. The third kappa shape index (κ3) is 4.37. The molecule has 2 atom stereocenters. The van der Waals surface area contributed by atoms with Crippen LogP contribution in [0.1, 0.15) is 43.7 Å². The molecule has 0 unspecified atom stereocenters. The van der Waals surface area contributed by atoms with E-state index in [9.17, 15) is 13.2 Å². The number of hydrogen-bond donors (Lipinski definition) is 0. The van der Waals surface area contributed by atoms with Gasteiger partial charge in [-0.2, -0.15) is 4.31 Å². The van der Waals surface area contributed by atoms with Gasteiger partial charge in [-0.05, 0) is 43.0 Å². The van der Waals surface area contributed by atoms with Crippen LogP contribution in [0, 0.1) is 6.92 Å². The Morgan fingerprint density at radius 1 is 1.07 bits per heavy atom. The van der Waals surface area contributed by atoms with Gasteiger partial charge in [0.1, 0.15) is 12.1 Å². The first-order chi connectivity index (χ1) is 13.9. The maximum absolute atomic E-state index is 13.4. The van der Waals surface area contributed by atoms with E-state index in [2.05, 4.69) is 13.5 Å². The maximum atomic E-state index is 13.4. The lowest BCUT2D eigenvalue weighted by Gasteiger charge is -2.26. The Hall–Kier alpha value is -2.60. The van der Waals surface area contributed by atoms with Crippen LogP contribution in [0.25, 0.3) is 5.57 Å². The fourth-order valence-electron chi connectivity index (χ4n) is 3.58. The summed E-state index contributed by atoms with van der Waals surface area (Å²) < 4.78 is 33.2. The van der Waals surface area contributed by atoms with Crippen LogP contribution in [-0.2, 0) is 14.8 Å². The van der Waals surface area contributed by atoms with Crippen LogP contribution in [0.15, 0.2) is 66.1 Å². The topological polar surface area (TPSA) is 63.7 Å². The molecule has 0 spiro atoms. The second kappa shape index (κ2) is 8.82. The van der Waals surface area contributed by atoms with E-state index in [4.69, 9.17) is 4.74 Å². The van der Waals surface area contributed by atoms with Crippen LogP contribution in [-0.4, -0.2) is 31.0 Å². The van der Waals surface area contributed by atoms with E-state index in [0.717, 1.165) is 34.7 Å². The van der Waals surface area contributed by atoms with Crippen LogP contribution in [0.3, 0.4) is 0 Å². The third-order valence-corrected chi connectivity index (χ3v) is 6.97. The average Bonchev–Trinajstić information content (AvgIpc) is 3.05. The largest absolute Gasteiger partial charge is 0.443 e. The molecule has 6 heteroatoms. The van der Waals surface area contributed by atoms with Crippen LogP contribution in [0.4, 0.5) is 4.79 Å². The summed E-state index contributed by atoms with van der Waals surface area (Å²) in [5.74, 6) is 0. The molecule has 2 aromatic carbocycles. The number of rotatable bonds is 8. The molecule has 0 radical (unpaired) electrons. The fourth-order valence-corrected chi connectivity index (χ4v) is 5.09. The van der Waals surface area contributed by atoms with Gasteiger partial charge < -0.3 is 4.74 Å². The van der Waals surface area contributed by atoms with Crippen molar-refractivity contribution in [2.45, 2.75) is 56.6 Å². The Bertz CT molecular complexity index is 968. The molecule has 1 saturated heterocycles. The lowest BCUT2D eigenvalue weighted by atomic mass is 9.94. The summed E-state index contributed by atoms with van der Waals surface area (Å²) in [6.07, 6.45) is 2.07. The zero-order valence-electron chi connectivity index (χ0n) is 16.9. The number of carbonyl (C=O) groups is 1. The van der Waals surface area contributed by atoms with Gasteiger partial charge in [-0.3, -0.25) is 0 Å². The number of nitrogens with zero attached hydrogens (tertiary/aromatic N) is 1. The van der Waals surface area contributed by atoms with Gasteiger partial charge >= 0.3 is 6.09 Å². The minimum Gasteiger partial charge on any atom is -0.443 e. The van der Waals surface area contributed by atoms with Gasteiger partial charge in [0.05, 0.1) is 4.90 Å². The normalized spacial score (nSPS) is 19.2. The Labute approximate surface area is 173 Å². The first kappa shape index (κ1) is 21.1. The summed E-state index contributed by atoms with van der Waals surface area (Å²) in [4.78, 5) is 12.8. The zero-order valence-corrected chi connectivity index (χ0v) is 17.7. The molecule has 1 amide bonds. The van der Waals surface area contributed by atoms with Crippen molar-refractivity contribution < 1.29 is 17.9 Å². The number of unbranched alkanes of at least 4 members (excludes halogenated alkanes) is 2. The number of amides is 1. The van der Waals surface area contributed by atoms with E-state index in [-0.39, 0.29) is 4.90 Å². The van der Waals surface area contributed by atoms with Crippen molar-refractivity contribution in [1.29, 1.82) is 0 Å². The molecule has 29 heavy (non-hydrogen) atoms. The molecule has 1 aliphatic heterocycles. The van der Waals surface area contributed by atoms with E-state index in [1.807, 2.05) is 37.3 Å². The highest BCUT2D eigenvalue weighted by molar-refractivity contribution is 7.89. The number of ether oxygens (including phenoxy) is 1. The number of aryl methyl sites for hydroxylation is 1. The number of sulfonamides is 1. The van der Waals surface area contributed by atoms with E-state index >= 15 is 0 Å². The van der Waals surface area contributed by atoms with Gasteiger partial charge in [-0.25, -0.2) is 13.2 Å². The van der Waals surface area contributed by atoms with Crippen molar-refractivity contribution in [1.82, 2.24) is 4.31 Å². The smallest absolute Gasteiger partial charge is 0.424 e. The molecule has 0 aromatic heterocycles. The predicted octanol–water partition coefficient (Wildman–Crippen LogP) is 5.17. The Morgan fingerprint density at radius 3 is 2.34 bits per heavy atom. The van der Waals surface area contributed by atoms with Gasteiger partial charge in [0.15, 0.2) is 0 Å². The first-order valence-corrected chi connectivity index (χ1v) is 11.4. The number of carbonyl (C=O) groups excluding carboxylic acids is 1. The molecule has 3 rings (SSSR count). The summed E-state index contributed by atoms with van der Waals surface area (Å²) in [6, 6.07) is 15.0. The molecule has 1 fully saturated rings. The van der Waals surface area contributed by atoms with Gasteiger partial charge in [-0.1, -0.05) is 74.4 Å². The molecular weight excluding hydrogens is 386 g/mol. The Morgan fingerprint density at radius 2 is 1.72 bits per heavy atom. The molecule has 1 aliphatic rings. The molecule has 2 aromatic rings. The van der Waals surface area contributed by atoms with Crippen molar-refractivity contribution in [2.75, 3.05) is 0 Å². The SMILES string of the molecule is C=C(c1ccccc1)[C@@H]1[C@@H](CCCCC)OC(=O)N1S(=O)(=O)c1ccc(C)cc1. The van der Waals surface area contributed by atoms with Crippen molar-refractivity contribution in [3.05, 3.63) is 72.3 Å². The standard InChI is InChI=1S/C23H27NO4S/c1-4-5-7-12-21-22(18(3)19-10-8-6-9-11-19)24(23(25)28-21)29(26,27)20-15-13-17(2)14-16-20/h6,8-11,13-16,21-22H,3-5,7,12H2,1-2H3/t21-,22-/m1/s1. The lowest BCUT2D eigenvalue weighted by molar-refractivity contribution is 0.128. The van der Waals surface area contributed by atoms with Gasteiger partial charge in [-0.15, -0.1) is 0 Å². The minimum atomic E-state index is -4.07. The minimum absolute atomic E-state index is 0.0696. The highest BCUT2D eigenvalue weighted by Gasteiger charge is 2.49. The Balaban J connectivity index is 2.01. The van der Waals surface area contributed by atoms with Crippen LogP contribution in [0.2, 0.25) is 0 Å². The summed E-state index contributed by atoms with van der Waals surface area (Å²) in [7, 11) is -4.07. The van der Waals surface area contributed by atoms with Crippen molar-refractivity contribution >= 4 is 21.7 Å². The number of hydrogen-bond acceptors (Lipinski definition) is 4. The second-order valence-electron chi connectivity index (χ2n) is 7.37. The van der Waals surface area contributed by atoms with Crippen molar-refractivity contribution in [2.24, 2.45) is 0 Å². The fraction of sp³-hybridized carbons (Fsp3) is 0.348. The van der Waals surface area contributed by atoms with E-state index in [0.29, 0.717) is 12.0 Å². The summed E-state index contributed by atoms with van der Waals surface area (Å²) in [5.41, 5.74) is 2.30. The molecule has 0 bridgehead atoms. The van der Waals surface area contributed by atoms with Crippen LogP contribution in [0.5, 0.6) is 0 Å². The number of benzene rings is 2. The highest BCUT2D eigenvalue weighted by atomic mass is 32.2. The highest BCUT2D eigenvalue weighted by Crippen LogP contribution is 2.36. The van der Waals surface area contributed by atoms with Gasteiger partial charge in [0, 0.05) is 0 Å². The third-order valence-electron chi connectivity index (χ3n) is 5.21.